The van der Waals surface area contributed by atoms with Crippen molar-refractivity contribution in [2.24, 2.45) is 0 Å². The van der Waals surface area contributed by atoms with Gasteiger partial charge in [-0.15, -0.1) is 0 Å². The van der Waals surface area contributed by atoms with Gasteiger partial charge in [0.05, 0.1) is 11.0 Å². The van der Waals surface area contributed by atoms with Gasteiger partial charge >= 0.3 is 0 Å². The number of hydrogen-bond acceptors (Lipinski definition) is 3. The van der Waals surface area contributed by atoms with Gasteiger partial charge in [-0.25, -0.2) is 0 Å². The number of halogens is 1. The molecule has 0 saturated heterocycles. The molecule has 0 aromatic heterocycles. The van der Waals surface area contributed by atoms with Gasteiger partial charge in [-0.2, -0.15) is 0 Å². The van der Waals surface area contributed by atoms with Gasteiger partial charge in [0, 0.05) is 23.1 Å². The first-order valence-corrected chi connectivity index (χ1v) is 6.52. The zero-order valence-electron chi connectivity index (χ0n) is 10.9. The maximum atomic E-state index is 11.0. The molecule has 0 amide bonds. The summed E-state index contributed by atoms with van der Waals surface area (Å²) in [5.74, 6) is 0. The van der Waals surface area contributed by atoms with Gasteiger partial charge < -0.3 is 5.11 Å². The zero-order chi connectivity index (χ0) is 14.7. The molecule has 1 N–H and O–H groups in total. The van der Waals surface area contributed by atoms with Crippen LogP contribution in [0, 0.1) is 17.0 Å². The standard InChI is InChI=1S/C15H14ClNO3/c1-10-6-12(8-13(16)7-10)15(18)9-11-4-2-3-5-14(11)17(19)20/h2-8,15,18H,9H2,1H3. The summed E-state index contributed by atoms with van der Waals surface area (Å²) in [5.41, 5.74) is 2.12. The fraction of sp³-hybridized carbons (Fsp3) is 0.200. The average Bonchev–Trinajstić information content (AvgIpc) is 2.37. The number of para-hydroxylation sites is 1. The largest absolute Gasteiger partial charge is 0.388 e. The van der Waals surface area contributed by atoms with Gasteiger partial charge in [-0.1, -0.05) is 35.9 Å². The van der Waals surface area contributed by atoms with Crippen LogP contribution in [-0.2, 0) is 6.42 Å². The monoisotopic (exact) mass is 291 g/mol. The van der Waals surface area contributed by atoms with E-state index in [1.54, 1.807) is 30.3 Å². The summed E-state index contributed by atoms with van der Waals surface area (Å²) in [7, 11) is 0. The summed E-state index contributed by atoms with van der Waals surface area (Å²) in [6.07, 6.45) is -0.648. The molecule has 0 saturated carbocycles. The Balaban J connectivity index is 2.28. The first-order chi connectivity index (χ1) is 9.47. The highest BCUT2D eigenvalue weighted by molar-refractivity contribution is 6.30. The van der Waals surface area contributed by atoms with Crippen LogP contribution in [0.15, 0.2) is 42.5 Å². The summed E-state index contributed by atoms with van der Waals surface area (Å²) in [6.45, 7) is 1.88. The molecular weight excluding hydrogens is 278 g/mol. The smallest absolute Gasteiger partial charge is 0.272 e. The number of rotatable bonds is 4. The highest BCUT2D eigenvalue weighted by atomic mass is 35.5. The number of aryl methyl sites for hydroxylation is 1. The lowest BCUT2D eigenvalue weighted by atomic mass is 9.99. The quantitative estimate of drug-likeness (QED) is 0.688. The highest BCUT2D eigenvalue weighted by Gasteiger charge is 2.17. The summed E-state index contributed by atoms with van der Waals surface area (Å²) in [4.78, 5) is 10.5. The van der Waals surface area contributed by atoms with Crippen molar-refractivity contribution in [1.29, 1.82) is 0 Å². The molecule has 0 aliphatic carbocycles. The molecular formula is C15H14ClNO3. The van der Waals surface area contributed by atoms with Crippen LogP contribution >= 0.6 is 11.6 Å². The van der Waals surface area contributed by atoms with E-state index in [-0.39, 0.29) is 12.1 Å². The predicted molar refractivity (Wildman–Crippen MR) is 77.9 cm³/mol. The summed E-state index contributed by atoms with van der Waals surface area (Å²) < 4.78 is 0. The number of nitrogens with zero attached hydrogens (tertiary/aromatic N) is 1. The first kappa shape index (κ1) is 14.5. The van der Waals surface area contributed by atoms with E-state index in [2.05, 4.69) is 0 Å². The minimum absolute atomic E-state index is 0.0188. The third-order valence-electron chi connectivity index (χ3n) is 3.05. The number of nitro benzene ring substituents is 1. The Morgan fingerprint density at radius 2 is 2.00 bits per heavy atom. The molecule has 0 radical (unpaired) electrons. The second-order valence-electron chi connectivity index (χ2n) is 4.67. The summed E-state index contributed by atoms with van der Waals surface area (Å²) in [6, 6.07) is 11.7. The molecule has 2 aromatic rings. The van der Waals surface area contributed by atoms with E-state index in [0.29, 0.717) is 16.1 Å². The van der Waals surface area contributed by atoms with Crippen LogP contribution in [0.1, 0.15) is 22.8 Å². The van der Waals surface area contributed by atoms with Crippen LogP contribution in [0.3, 0.4) is 0 Å². The van der Waals surface area contributed by atoms with E-state index in [1.165, 1.54) is 6.07 Å². The fourth-order valence-corrected chi connectivity index (χ4v) is 2.44. The SMILES string of the molecule is Cc1cc(Cl)cc(C(O)Cc2ccccc2[N+](=O)[O-])c1. The number of hydrogen-bond donors (Lipinski definition) is 1. The average molecular weight is 292 g/mol. The van der Waals surface area contributed by atoms with E-state index >= 15 is 0 Å². The van der Waals surface area contributed by atoms with E-state index in [1.807, 2.05) is 13.0 Å². The molecule has 2 rings (SSSR count). The lowest BCUT2D eigenvalue weighted by Gasteiger charge is -2.12. The second kappa shape index (κ2) is 6.03. The van der Waals surface area contributed by atoms with Gasteiger partial charge in [-0.3, -0.25) is 10.1 Å². The van der Waals surface area contributed by atoms with Crippen LogP contribution in [0.5, 0.6) is 0 Å². The topological polar surface area (TPSA) is 63.4 Å². The van der Waals surface area contributed by atoms with Crippen molar-refractivity contribution in [2.45, 2.75) is 19.4 Å². The van der Waals surface area contributed by atoms with Crippen molar-refractivity contribution in [1.82, 2.24) is 0 Å². The van der Waals surface area contributed by atoms with Crippen molar-refractivity contribution in [3.05, 3.63) is 74.3 Å². The third kappa shape index (κ3) is 3.35. The minimum atomic E-state index is -0.825. The normalized spacial score (nSPS) is 12.2. The van der Waals surface area contributed by atoms with Crippen LogP contribution in [-0.4, -0.2) is 10.0 Å². The second-order valence-corrected chi connectivity index (χ2v) is 5.10. The van der Waals surface area contributed by atoms with Gasteiger partial charge in [0.2, 0.25) is 0 Å². The minimum Gasteiger partial charge on any atom is -0.388 e. The number of aliphatic hydroxyl groups excluding tert-OH is 1. The summed E-state index contributed by atoms with van der Waals surface area (Å²) >= 11 is 5.96. The molecule has 0 heterocycles. The fourth-order valence-electron chi connectivity index (χ4n) is 2.14. The van der Waals surface area contributed by atoms with E-state index in [9.17, 15) is 15.2 Å². The molecule has 0 aliphatic heterocycles. The molecule has 1 unspecified atom stereocenters. The Labute approximate surface area is 121 Å². The highest BCUT2D eigenvalue weighted by Crippen LogP contribution is 2.27. The van der Waals surface area contributed by atoms with Crippen LogP contribution in [0.2, 0.25) is 5.02 Å². The molecule has 0 bridgehead atoms. The van der Waals surface area contributed by atoms with E-state index < -0.39 is 11.0 Å². The molecule has 104 valence electrons. The maximum absolute atomic E-state index is 11.0. The molecule has 1 atom stereocenters. The predicted octanol–water partition coefficient (Wildman–Crippen LogP) is 3.83. The molecule has 4 nitrogen and oxygen atoms in total. The van der Waals surface area contributed by atoms with Gasteiger partial charge in [0.25, 0.3) is 5.69 Å². The van der Waals surface area contributed by atoms with Gasteiger partial charge in [-0.05, 0) is 30.2 Å². The maximum Gasteiger partial charge on any atom is 0.272 e. The molecule has 20 heavy (non-hydrogen) atoms. The van der Waals surface area contributed by atoms with Crippen molar-refractivity contribution in [2.75, 3.05) is 0 Å². The van der Waals surface area contributed by atoms with Crippen molar-refractivity contribution >= 4 is 17.3 Å². The van der Waals surface area contributed by atoms with E-state index in [4.69, 9.17) is 11.6 Å². The van der Waals surface area contributed by atoms with Gasteiger partial charge in [0.15, 0.2) is 0 Å². The summed E-state index contributed by atoms with van der Waals surface area (Å²) in [5, 5.41) is 21.7. The van der Waals surface area contributed by atoms with Crippen molar-refractivity contribution in [3.8, 4) is 0 Å². The molecule has 0 spiro atoms. The van der Waals surface area contributed by atoms with Gasteiger partial charge in [0.1, 0.15) is 0 Å². The third-order valence-corrected chi connectivity index (χ3v) is 3.27. The zero-order valence-corrected chi connectivity index (χ0v) is 11.7. The number of nitro groups is 1. The van der Waals surface area contributed by atoms with E-state index in [0.717, 1.165) is 5.56 Å². The number of aliphatic hydroxyl groups is 1. The van der Waals surface area contributed by atoms with Crippen molar-refractivity contribution < 1.29 is 10.0 Å². The Bertz CT molecular complexity index is 623. The van der Waals surface area contributed by atoms with Crippen LogP contribution < -0.4 is 0 Å². The molecule has 2 aromatic carbocycles. The lowest BCUT2D eigenvalue weighted by molar-refractivity contribution is -0.385. The number of benzene rings is 2. The first-order valence-electron chi connectivity index (χ1n) is 6.15. The molecule has 5 heteroatoms. The van der Waals surface area contributed by atoms with Crippen LogP contribution in [0.4, 0.5) is 5.69 Å². The molecule has 0 fully saturated rings. The Kier molecular flexibility index (Phi) is 4.37. The van der Waals surface area contributed by atoms with Crippen molar-refractivity contribution in [3.63, 3.8) is 0 Å². The molecule has 0 aliphatic rings. The van der Waals surface area contributed by atoms with Crippen LogP contribution in [0.25, 0.3) is 0 Å². The Morgan fingerprint density at radius 3 is 2.65 bits per heavy atom. The Hall–Kier alpha value is -1.91. The Morgan fingerprint density at radius 1 is 1.30 bits per heavy atom. The lowest BCUT2D eigenvalue weighted by Crippen LogP contribution is -2.04.